The molecule has 5 nitrogen and oxygen atoms in total. The highest BCUT2D eigenvalue weighted by Crippen LogP contribution is 2.37. The molecule has 4 aromatic rings. The molecule has 3 aliphatic carbocycles. The normalized spacial score (nSPS) is 17.0. The van der Waals surface area contributed by atoms with Gasteiger partial charge in [-0.3, -0.25) is 0 Å². The smallest absolute Gasteiger partial charge is 0.205 e. The topological polar surface area (TPSA) is 63.5 Å². The van der Waals surface area contributed by atoms with Crippen LogP contribution >= 0.6 is 0 Å². The van der Waals surface area contributed by atoms with Crippen LogP contribution in [0.3, 0.4) is 0 Å². The van der Waals surface area contributed by atoms with Gasteiger partial charge in [0.1, 0.15) is 10.1 Å². The van der Waals surface area contributed by atoms with Gasteiger partial charge in [0, 0.05) is 53.7 Å². The Balaban J connectivity index is 1.30. The average Bonchev–Trinajstić information content (AvgIpc) is 3.18. The zero-order valence-corrected chi connectivity index (χ0v) is 30.2. The van der Waals surface area contributed by atoms with Crippen LogP contribution < -0.4 is 4.90 Å². The Kier molecular flexibility index (Phi) is 11.1. The number of para-hydroxylation sites is 2. The molecule has 0 unspecified atom stereocenters. The number of hydrogen-bond donors (Lipinski definition) is 0. The van der Waals surface area contributed by atoms with Gasteiger partial charge in [0.05, 0.1) is 4.90 Å². The van der Waals surface area contributed by atoms with Gasteiger partial charge in [-0.2, -0.15) is 4.58 Å². The zero-order chi connectivity index (χ0) is 35.0. The summed E-state index contributed by atoms with van der Waals surface area (Å²) in [5.74, 6) is 1.28. The fraction of sp³-hybridized carbons (Fsp3) is 0.311. The third kappa shape index (κ3) is 8.52. The standard InChI is InChI=1S/C45H48N2O3S/c48-51(49,50)44-24-14-13-23-43(44)45(37-25-29-41(30-26-37)46(39-19-9-3-10-20-39)33-35-15-5-1-6-16-35)38-27-31-42(32-28-38)47(40-21-11-4-12-22-40)34-36-17-7-2-8-18-36/h3-4,9-14,19-32,35-36H,1-2,5-8,15-18,33-34H2. The Labute approximate surface area is 304 Å². The third-order valence-corrected chi connectivity index (χ3v) is 11.7. The molecule has 4 aromatic carbocycles. The minimum Gasteiger partial charge on any atom is -0.744 e. The summed E-state index contributed by atoms with van der Waals surface area (Å²) < 4.78 is 40.3. The molecule has 3 aliphatic rings. The SMILES string of the molecule is O=S(=O)([O-])c1ccccc1C(=C1C=CC(=[N+](CC2CCCCC2)c2ccccc2)C=C1)c1ccc(N(CC2CCCCC2)c2ccccc2)cc1. The first kappa shape index (κ1) is 34.9. The Hall–Kier alpha value is -4.52. The highest BCUT2D eigenvalue weighted by Gasteiger charge is 2.25. The van der Waals surface area contributed by atoms with Gasteiger partial charge in [-0.1, -0.05) is 105 Å². The quantitative estimate of drug-likeness (QED) is 0.122. The first-order valence-corrected chi connectivity index (χ1v) is 20.1. The predicted molar refractivity (Wildman–Crippen MR) is 208 cm³/mol. The number of benzene rings is 4. The minimum atomic E-state index is -4.73. The van der Waals surface area contributed by atoms with Gasteiger partial charge in [-0.05, 0) is 90.8 Å². The van der Waals surface area contributed by atoms with Crippen molar-refractivity contribution in [2.24, 2.45) is 11.8 Å². The lowest BCUT2D eigenvalue weighted by molar-refractivity contribution is -0.449. The van der Waals surface area contributed by atoms with E-state index >= 15 is 0 Å². The summed E-state index contributed by atoms with van der Waals surface area (Å²) in [5, 5.41) is 0. The van der Waals surface area contributed by atoms with Crippen LogP contribution in [0.25, 0.3) is 5.57 Å². The maximum Gasteiger partial charge on any atom is 0.205 e. The molecule has 0 aromatic heterocycles. The minimum absolute atomic E-state index is 0.209. The van der Waals surface area contributed by atoms with E-state index in [0.29, 0.717) is 17.4 Å². The highest BCUT2D eigenvalue weighted by molar-refractivity contribution is 7.85. The predicted octanol–water partition coefficient (Wildman–Crippen LogP) is 10.6. The molecular weight excluding hydrogens is 649 g/mol. The summed E-state index contributed by atoms with van der Waals surface area (Å²) in [6, 6.07) is 36.1. The molecule has 0 atom stereocenters. The van der Waals surface area contributed by atoms with Crippen molar-refractivity contribution in [2.45, 2.75) is 69.1 Å². The van der Waals surface area contributed by atoms with E-state index in [1.165, 1.54) is 70.3 Å². The van der Waals surface area contributed by atoms with Crippen molar-refractivity contribution in [3.63, 3.8) is 0 Å². The lowest BCUT2D eigenvalue weighted by Crippen LogP contribution is -2.26. The van der Waals surface area contributed by atoms with Gasteiger partial charge in [0.15, 0.2) is 6.54 Å². The zero-order valence-electron chi connectivity index (χ0n) is 29.4. The second-order valence-corrected chi connectivity index (χ2v) is 15.7. The summed E-state index contributed by atoms with van der Waals surface area (Å²) in [4.78, 5) is 2.20. The van der Waals surface area contributed by atoms with E-state index in [9.17, 15) is 13.0 Å². The largest absolute Gasteiger partial charge is 0.744 e. The molecule has 2 saturated carbocycles. The molecule has 0 radical (unpaired) electrons. The van der Waals surface area contributed by atoms with Gasteiger partial charge >= 0.3 is 0 Å². The molecule has 262 valence electrons. The molecule has 0 heterocycles. The van der Waals surface area contributed by atoms with E-state index < -0.39 is 10.1 Å². The molecule has 7 rings (SSSR count). The van der Waals surface area contributed by atoms with E-state index in [-0.39, 0.29) is 4.90 Å². The monoisotopic (exact) mass is 696 g/mol. The Bertz CT molecular complexity index is 2000. The molecule has 2 fully saturated rings. The van der Waals surface area contributed by atoms with E-state index in [0.717, 1.165) is 52.6 Å². The van der Waals surface area contributed by atoms with Crippen LogP contribution in [-0.4, -0.2) is 36.3 Å². The van der Waals surface area contributed by atoms with E-state index in [1.807, 2.05) is 0 Å². The van der Waals surface area contributed by atoms with Gasteiger partial charge in [0.2, 0.25) is 11.4 Å². The van der Waals surface area contributed by atoms with Crippen LogP contribution in [0.15, 0.2) is 144 Å². The van der Waals surface area contributed by atoms with Crippen LogP contribution in [0.1, 0.15) is 75.3 Å². The molecule has 6 heteroatoms. The second-order valence-electron chi connectivity index (χ2n) is 14.3. The highest BCUT2D eigenvalue weighted by atomic mass is 32.2. The Morgan fingerprint density at radius 1 is 0.627 bits per heavy atom. The van der Waals surface area contributed by atoms with Gasteiger partial charge in [-0.25, -0.2) is 8.42 Å². The van der Waals surface area contributed by atoms with Crippen molar-refractivity contribution in [2.75, 3.05) is 18.0 Å². The maximum atomic E-state index is 12.6. The fourth-order valence-corrected chi connectivity index (χ4v) is 8.86. The van der Waals surface area contributed by atoms with Crippen molar-refractivity contribution in [3.05, 3.63) is 150 Å². The summed E-state index contributed by atoms with van der Waals surface area (Å²) in [5.41, 5.74) is 7.36. The summed E-state index contributed by atoms with van der Waals surface area (Å²) in [6.07, 6.45) is 21.2. The third-order valence-electron chi connectivity index (χ3n) is 10.8. The number of nitrogens with zero attached hydrogens (tertiary/aromatic N) is 2. The first-order chi connectivity index (χ1) is 24.9. The van der Waals surface area contributed by atoms with Crippen LogP contribution in [0, 0.1) is 11.8 Å². The van der Waals surface area contributed by atoms with Crippen LogP contribution in [0.5, 0.6) is 0 Å². The summed E-state index contributed by atoms with van der Waals surface area (Å²) in [7, 11) is -4.73. The van der Waals surface area contributed by atoms with Crippen molar-refractivity contribution < 1.29 is 17.5 Å². The molecule has 0 spiro atoms. The lowest BCUT2D eigenvalue weighted by atomic mass is 9.88. The number of hydrogen-bond acceptors (Lipinski definition) is 4. The lowest BCUT2D eigenvalue weighted by Gasteiger charge is -2.31. The second kappa shape index (κ2) is 16.2. The van der Waals surface area contributed by atoms with Crippen LogP contribution in [0.4, 0.5) is 17.1 Å². The van der Waals surface area contributed by atoms with Crippen LogP contribution in [0.2, 0.25) is 0 Å². The fourth-order valence-electron chi connectivity index (χ4n) is 8.18. The first-order valence-electron chi connectivity index (χ1n) is 18.7. The molecule has 0 amide bonds. The van der Waals surface area contributed by atoms with Gasteiger partial charge < -0.3 is 9.45 Å². The van der Waals surface area contributed by atoms with E-state index in [1.54, 1.807) is 18.2 Å². The molecule has 0 N–H and O–H groups in total. The van der Waals surface area contributed by atoms with Crippen LogP contribution in [-0.2, 0) is 10.1 Å². The molecule has 0 aliphatic heterocycles. The molecule has 51 heavy (non-hydrogen) atoms. The van der Waals surface area contributed by atoms with E-state index in [4.69, 9.17) is 0 Å². The number of rotatable bonds is 10. The summed E-state index contributed by atoms with van der Waals surface area (Å²) >= 11 is 0. The average molecular weight is 697 g/mol. The Morgan fingerprint density at radius 3 is 1.80 bits per heavy atom. The molecule has 0 saturated heterocycles. The van der Waals surface area contributed by atoms with Gasteiger partial charge in [-0.15, -0.1) is 0 Å². The Morgan fingerprint density at radius 2 is 1.18 bits per heavy atom. The molecule has 0 bridgehead atoms. The number of allylic oxidation sites excluding steroid dienone is 5. The van der Waals surface area contributed by atoms with Gasteiger partial charge in [0.25, 0.3) is 0 Å². The van der Waals surface area contributed by atoms with Crippen molar-refractivity contribution >= 4 is 38.5 Å². The summed E-state index contributed by atoms with van der Waals surface area (Å²) in [6.45, 7) is 1.91. The van der Waals surface area contributed by atoms with Crippen molar-refractivity contribution in [1.82, 2.24) is 0 Å². The molecular formula is C45H48N2O3S. The van der Waals surface area contributed by atoms with Crippen molar-refractivity contribution in [3.8, 4) is 0 Å². The van der Waals surface area contributed by atoms with Crippen molar-refractivity contribution in [1.29, 1.82) is 0 Å². The maximum absolute atomic E-state index is 12.6. The number of anilines is 2. The van der Waals surface area contributed by atoms with E-state index in [2.05, 4.69) is 119 Å².